The molecule has 4 nitrogen and oxygen atoms in total. The number of nitriles is 1. The number of rotatable bonds is 5. The van der Waals surface area contributed by atoms with E-state index in [2.05, 4.69) is 28.7 Å². The maximum absolute atomic E-state index is 11.1. The van der Waals surface area contributed by atoms with Gasteiger partial charge >= 0.3 is 5.97 Å². The first-order valence-electron chi connectivity index (χ1n) is 5.59. The number of carboxylic acids is 1. The van der Waals surface area contributed by atoms with E-state index in [1.54, 1.807) is 12.1 Å². The number of hydrogen-bond acceptors (Lipinski definition) is 3. The average molecular weight is 357 g/mol. The lowest BCUT2D eigenvalue weighted by atomic mass is 10.1. The second-order valence-electron chi connectivity index (χ2n) is 4.57. The van der Waals surface area contributed by atoms with Crippen molar-refractivity contribution in [3.63, 3.8) is 0 Å². The van der Waals surface area contributed by atoms with E-state index in [9.17, 15) is 4.79 Å². The molecule has 2 rings (SSSR count). The first kappa shape index (κ1) is 13.1. The first-order valence-corrected chi connectivity index (χ1v) is 6.67. The number of ether oxygens (including phenoxy) is 1. The highest BCUT2D eigenvalue weighted by molar-refractivity contribution is 14.1. The zero-order chi connectivity index (χ0) is 13.2. The van der Waals surface area contributed by atoms with Crippen LogP contribution < -0.4 is 4.74 Å². The van der Waals surface area contributed by atoms with Gasteiger partial charge in [-0.1, -0.05) is 0 Å². The number of benzene rings is 1. The quantitative estimate of drug-likeness (QED) is 0.823. The van der Waals surface area contributed by atoms with Gasteiger partial charge in [0, 0.05) is 15.4 Å². The fourth-order valence-electron chi connectivity index (χ4n) is 1.74. The molecule has 1 saturated carbocycles. The molecule has 0 bridgehead atoms. The predicted octanol–water partition coefficient (Wildman–Crippen LogP) is 3.06. The molecule has 0 atom stereocenters. The van der Waals surface area contributed by atoms with Gasteiger partial charge in [-0.3, -0.25) is 0 Å². The van der Waals surface area contributed by atoms with Crippen molar-refractivity contribution in [1.29, 1.82) is 5.26 Å². The lowest BCUT2D eigenvalue weighted by Crippen LogP contribution is -2.14. The molecule has 0 unspecified atom stereocenters. The van der Waals surface area contributed by atoms with Gasteiger partial charge in [0.15, 0.2) is 0 Å². The minimum Gasteiger partial charge on any atom is -0.492 e. The Kier molecular flexibility index (Phi) is 3.76. The van der Waals surface area contributed by atoms with Gasteiger partial charge in [-0.05, 0) is 53.6 Å². The number of nitrogens with zero attached hydrogens (tertiary/aromatic N) is 1. The molecule has 0 spiro atoms. The SMILES string of the molecule is N#CCC1(COc2ccc(I)cc2C(=O)O)CC1. The summed E-state index contributed by atoms with van der Waals surface area (Å²) in [5.41, 5.74) is 0.128. The van der Waals surface area contributed by atoms with Gasteiger partial charge in [0.1, 0.15) is 11.3 Å². The molecule has 1 fully saturated rings. The summed E-state index contributed by atoms with van der Waals surface area (Å²) in [4.78, 5) is 11.1. The standard InChI is InChI=1S/C13H12INO3/c14-9-1-2-11(10(7-9)12(16)17)18-8-13(3-4-13)5-6-15/h1-2,7H,3-5,8H2,(H,16,17). The number of halogens is 1. The number of carboxylic acid groups (broad SMARTS) is 1. The lowest BCUT2D eigenvalue weighted by Gasteiger charge is -2.14. The molecular weight excluding hydrogens is 345 g/mol. The van der Waals surface area contributed by atoms with E-state index in [0.29, 0.717) is 18.8 Å². The Balaban J connectivity index is 2.10. The Hall–Kier alpha value is -1.29. The minimum atomic E-state index is -0.992. The van der Waals surface area contributed by atoms with Crippen molar-refractivity contribution in [3.05, 3.63) is 27.3 Å². The summed E-state index contributed by atoms with van der Waals surface area (Å²) in [6, 6.07) is 7.23. The molecule has 5 heteroatoms. The molecule has 0 heterocycles. The van der Waals surface area contributed by atoms with Crippen LogP contribution in [0.5, 0.6) is 5.75 Å². The minimum absolute atomic E-state index is 0.0481. The van der Waals surface area contributed by atoms with Crippen molar-refractivity contribution in [2.75, 3.05) is 6.61 Å². The maximum Gasteiger partial charge on any atom is 0.339 e. The van der Waals surface area contributed by atoms with Crippen molar-refractivity contribution in [1.82, 2.24) is 0 Å². The largest absolute Gasteiger partial charge is 0.492 e. The van der Waals surface area contributed by atoms with Crippen LogP contribution in [-0.4, -0.2) is 17.7 Å². The summed E-state index contributed by atoms with van der Waals surface area (Å²) >= 11 is 2.06. The Morgan fingerprint density at radius 2 is 2.28 bits per heavy atom. The number of hydrogen-bond donors (Lipinski definition) is 1. The van der Waals surface area contributed by atoms with Gasteiger partial charge in [-0.15, -0.1) is 0 Å². The molecule has 1 aromatic carbocycles. The summed E-state index contributed by atoms with van der Waals surface area (Å²) in [5.74, 6) is -0.610. The second kappa shape index (κ2) is 5.14. The molecule has 1 N–H and O–H groups in total. The number of aromatic carboxylic acids is 1. The van der Waals surface area contributed by atoms with Gasteiger partial charge in [0.05, 0.1) is 12.7 Å². The van der Waals surface area contributed by atoms with E-state index >= 15 is 0 Å². The van der Waals surface area contributed by atoms with Gasteiger partial charge in [0.2, 0.25) is 0 Å². The van der Waals surface area contributed by atoms with Crippen LogP contribution >= 0.6 is 22.6 Å². The van der Waals surface area contributed by atoms with E-state index < -0.39 is 5.97 Å². The highest BCUT2D eigenvalue weighted by Gasteiger charge is 2.43. The van der Waals surface area contributed by atoms with Gasteiger partial charge in [-0.2, -0.15) is 5.26 Å². The molecule has 1 aliphatic rings. The highest BCUT2D eigenvalue weighted by atomic mass is 127. The van der Waals surface area contributed by atoms with E-state index in [0.717, 1.165) is 16.4 Å². The molecular formula is C13H12INO3. The predicted molar refractivity (Wildman–Crippen MR) is 73.5 cm³/mol. The zero-order valence-electron chi connectivity index (χ0n) is 9.65. The van der Waals surface area contributed by atoms with Crippen molar-refractivity contribution in [2.45, 2.75) is 19.3 Å². The van der Waals surface area contributed by atoms with Crippen molar-refractivity contribution in [3.8, 4) is 11.8 Å². The lowest BCUT2D eigenvalue weighted by molar-refractivity contribution is 0.0690. The number of carbonyl (C=O) groups is 1. The van der Waals surface area contributed by atoms with Crippen molar-refractivity contribution >= 4 is 28.6 Å². The van der Waals surface area contributed by atoms with Crippen LogP contribution in [0.25, 0.3) is 0 Å². The van der Waals surface area contributed by atoms with Crippen LogP contribution in [-0.2, 0) is 0 Å². The van der Waals surface area contributed by atoms with Crippen LogP contribution in [0.4, 0.5) is 0 Å². The monoisotopic (exact) mass is 357 g/mol. The van der Waals surface area contributed by atoms with Crippen LogP contribution in [0, 0.1) is 20.3 Å². The maximum atomic E-state index is 11.1. The van der Waals surface area contributed by atoms with E-state index in [-0.39, 0.29) is 11.0 Å². The third kappa shape index (κ3) is 2.93. The molecule has 18 heavy (non-hydrogen) atoms. The van der Waals surface area contributed by atoms with Gasteiger partial charge in [0.25, 0.3) is 0 Å². The molecule has 94 valence electrons. The second-order valence-corrected chi connectivity index (χ2v) is 5.81. The zero-order valence-corrected chi connectivity index (χ0v) is 11.8. The highest BCUT2D eigenvalue weighted by Crippen LogP contribution is 2.48. The normalized spacial score (nSPS) is 15.8. The average Bonchev–Trinajstić information content (AvgIpc) is 3.08. The fourth-order valence-corrected chi connectivity index (χ4v) is 2.23. The molecule has 0 amide bonds. The third-order valence-corrected chi connectivity index (χ3v) is 3.79. The Bertz CT molecular complexity index is 517. The summed E-state index contributed by atoms with van der Waals surface area (Å²) < 4.78 is 6.45. The van der Waals surface area contributed by atoms with E-state index in [1.165, 1.54) is 0 Å². The fraction of sp³-hybridized carbons (Fsp3) is 0.385. The van der Waals surface area contributed by atoms with E-state index in [1.807, 2.05) is 6.07 Å². The molecule has 0 aliphatic heterocycles. The van der Waals surface area contributed by atoms with Crippen LogP contribution in [0.1, 0.15) is 29.6 Å². The van der Waals surface area contributed by atoms with Crippen LogP contribution in [0.3, 0.4) is 0 Å². The third-order valence-electron chi connectivity index (χ3n) is 3.12. The summed E-state index contributed by atoms with van der Waals surface area (Å²) in [6.07, 6.45) is 2.43. The Morgan fingerprint density at radius 1 is 1.56 bits per heavy atom. The molecule has 1 aliphatic carbocycles. The van der Waals surface area contributed by atoms with E-state index in [4.69, 9.17) is 15.1 Å². The van der Waals surface area contributed by atoms with Gasteiger partial charge in [-0.25, -0.2) is 4.79 Å². The molecule has 0 radical (unpaired) electrons. The topological polar surface area (TPSA) is 70.3 Å². The Labute approximate surface area is 119 Å². The van der Waals surface area contributed by atoms with Crippen molar-refractivity contribution < 1.29 is 14.6 Å². The van der Waals surface area contributed by atoms with Crippen LogP contribution in [0.2, 0.25) is 0 Å². The van der Waals surface area contributed by atoms with Gasteiger partial charge < -0.3 is 9.84 Å². The van der Waals surface area contributed by atoms with Crippen LogP contribution in [0.15, 0.2) is 18.2 Å². The molecule has 0 aromatic heterocycles. The molecule has 0 saturated heterocycles. The van der Waals surface area contributed by atoms with Crippen molar-refractivity contribution in [2.24, 2.45) is 5.41 Å². The molecule has 1 aromatic rings. The summed E-state index contributed by atoms with van der Waals surface area (Å²) in [5, 5.41) is 17.8. The first-order chi connectivity index (χ1) is 8.56. The Morgan fingerprint density at radius 3 is 2.83 bits per heavy atom. The summed E-state index contributed by atoms with van der Waals surface area (Å²) in [6.45, 7) is 0.418. The summed E-state index contributed by atoms with van der Waals surface area (Å²) in [7, 11) is 0. The smallest absolute Gasteiger partial charge is 0.339 e.